The van der Waals surface area contributed by atoms with Crippen LogP contribution < -0.4 is 5.32 Å². The third-order valence-electron chi connectivity index (χ3n) is 4.38. The van der Waals surface area contributed by atoms with Crippen LogP contribution in [0.3, 0.4) is 0 Å². The normalized spacial score (nSPS) is 10.9. The number of nitrogens with zero attached hydrogens (tertiary/aromatic N) is 1. The number of aromatic nitrogens is 1. The van der Waals surface area contributed by atoms with Crippen molar-refractivity contribution in [3.63, 3.8) is 0 Å². The van der Waals surface area contributed by atoms with E-state index in [1.807, 2.05) is 0 Å². The van der Waals surface area contributed by atoms with Gasteiger partial charge in [-0.3, -0.25) is 14.2 Å². The number of rotatable bonds is 5. The van der Waals surface area contributed by atoms with Gasteiger partial charge in [-0.2, -0.15) is 0 Å². The molecule has 3 N–H and O–H groups in total. The molecule has 0 atom stereocenters. The molecule has 0 unspecified atom stereocenters. The summed E-state index contributed by atoms with van der Waals surface area (Å²) in [6, 6.07) is 11.3. The molecule has 2 aromatic carbocycles. The van der Waals surface area contributed by atoms with Gasteiger partial charge in [-0.1, -0.05) is 11.6 Å². The first kappa shape index (κ1) is 18.9. The zero-order valence-electron chi connectivity index (χ0n) is 14.7. The minimum atomic E-state index is -0.270. The number of nitrogens with one attached hydrogen (secondary N) is 1. The number of amides is 1. The van der Waals surface area contributed by atoms with E-state index in [0.29, 0.717) is 32.7 Å². The van der Waals surface area contributed by atoms with Crippen molar-refractivity contribution in [2.75, 3.05) is 13.2 Å². The summed E-state index contributed by atoms with van der Waals surface area (Å²) < 4.78 is 1.53. The molecule has 0 saturated heterocycles. The van der Waals surface area contributed by atoms with Crippen LogP contribution in [-0.4, -0.2) is 39.7 Å². The van der Waals surface area contributed by atoms with Crippen molar-refractivity contribution in [2.45, 2.75) is 13.3 Å². The highest BCUT2D eigenvalue weighted by atomic mass is 35.5. The summed E-state index contributed by atoms with van der Waals surface area (Å²) in [4.78, 5) is 25.2. The van der Waals surface area contributed by atoms with Crippen molar-refractivity contribution in [3.8, 4) is 5.75 Å². The number of hydrogen-bond acceptors (Lipinski definition) is 4. The van der Waals surface area contributed by atoms with Crippen molar-refractivity contribution in [1.29, 1.82) is 0 Å². The molecule has 0 aliphatic heterocycles. The molecule has 0 saturated carbocycles. The van der Waals surface area contributed by atoms with E-state index in [1.165, 1.54) is 10.6 Å². The summed E-state index contributed by atoms with van der Waals surface area (Å²) in [5.41, 5.74) is 2.34. The fourth-order valence-electron chi connectivity index (χ4n) is 3.10. The molecule has 0 aliphatic rings. The van der Waals surface area contributed by atoms with Crippen LogP contribution in [-0.2, 0) is 11.2 Å². The first-order chi connectivity index (χ1) is 12.9. The lowest BCUT2D eigenvalue weighted by molar-refractivity contribution is -0.120. The monoisotopic (exact) mass is 386 g/mol. The Bertz CT molecular complexity index is 1010. The predicted molar refractivity (Wildman–Crippen MR) is 103 cm³/mol. The second kappa shape index (κ2) is 7.82. The van der Waals surface area contributed by atoms with Gasteiger partial charge in [0.05, 0.1) is 18.5 Å². The molecule has 140 valence electrons. The molecule has 7 heteroatoms. The van der Waals surface area contributed by atoms with Crippen LogP contribution >= 0.6 is 11.6 Å². The van der Waals surface area contributed by atoms with Gasteiger partial charge < -0.3 is 15.5 Å². The number of aliphatic hydroxyl groups excluding tert-OH is 1. The highest BCUT2D eigenvalue weighted by Gasteiger charge is 2.21. The maximum atomic E-state index is 13.1. The van der Waals surface area contributed by atoms with Crippen molar-refractivity contribution in [3.05, 3.63) is 64.3 Å². The Labute approximate surface area is 161 Å². The van der Waals surface area contributed by atoms with E-state index in [1.54, 1.807) is 43.3 Å². The fourth-order valence-corrected chi connectivity index (χ4v) is 3.22. The molecule has 0 bridgehead atoms. The van der Waals surface area contributed by atoms with Crippen LogP contribution in [0.5, 0.6) is 5.75 Å². The molecule has 1 heterocycles. The highest BCUT2D eigenvalue weighted by molar-refractivity contribution is 6.30. The summed E-state index contributed by atoms with van der Waals surface area (Å²) in [5, 5.41) is 22.5. The third-order valence-corrected chi connectivity index (χ3v) is 4.64. The maximum absolute atomic E-state index is 13.1. The molecule has 3 rings (SSSR count). The van der Waals surface area contributed by atoms with Crippen LogP contribution in [0.25, 0.3) is 10.9 Å². The standard InChI is InChI=1S/C20H19ClN2O4/c1-12-16(11-19(26)22-8-9-24)17-10-15(25)6-7-18(17)23(12)20(27)13-2-4-14(21)5-3-13/h2-7,10,24-25H,8-9,11H2,1H3,(H,22,26). The molecular formula is C20H19ClN2O4. The van der Waals surface area contributed by atoms with Crippen molar-refractivity contribution >= 4 is 34.3 Å². The number of benzene rings is 2. The van der Waals surface area contributed by atoms with Gasteiger partial charge >= 0.3 is 0 Å². The third kappa shape index (κ3) is 3.82. The van der Waals surface area contributed by atoms with E-state index >= 15 is 0 Å². The maximum Gasteiger partial charge on any atom is 0.262 e. The smallest absolute Gasteiger partial charge is 0.262 e. The number of halogens is 1. The first-order valence-electron chi connectivity index (χ1n) is 8.43. The second-order valence-corrected chi connectivity index (χ2v) is 6.60. The molecule has 0 spiro atoms. The summed E-state index contributed by atoms with van der Waals surface area (Å²) in [7, 11) is 0. The van der Waals surface area contributed by atoms with E-state index in [0.717, 1.165) is 0 Å². The summed E-state index contributed by atoms with van der Waals surface area (Å²) in [6.45, 7) is 1.77. The van der Waals surface area contributed by atoms with Gasteiger partial charge in [0, 0.05) is 28.2 Å². The van der Waals surface area contributed by atoms with Gasteiger partial charge in [0.15, 0.2) is 0 Å². The summed E-state index contributed by atoms with van der Waals surface area (Å²) >= 11 is 5.90. The molecule has 6 nitrogen and oxygen atoms in total. The zero-order chi connectivity index (χ0) is 19.6. The quantitative estimate of drug-likeness (QED) is 0.628. The van der Waals surface area contributed by atoms with Gasteiger partial charge in [0.1, 0.15) is 5.75 Å². The van der Waals surface area contributed by atoms with Crippen LogP contribution in [0.15, 0.2) is 42.5 Å². The number of aromatic hydroxyl groups is 1. The predicted octanol–water partition coefficient (Wildman–Crippen LogP) is 2.65. The number of carbonyl (C=O) groups is 2. The van der Waals surface area contributed by atoms with Gasteiger partial charge in [0.2, 0.25) is 5.91 Å². The molecule has 0 aliphatic carbocycles. The van der Waals surface area contributed by atoms with Crippen molar-refractivity contribution < 1.29 is 19.8 Å². The van der Waals surface area contributed by atoms with E-state index in [-0.39, 0.29) is 37.1 Å². The van der Waals surface area contributed by atoms with E-state index in [4.69, 9.17) is 16.7 Å². The highest BCUT2D eigenvalue weighted by Crippen LogP contribution is 2.30. The Kier molecular flexibility index (Phi) is 5.48. The lowest BCUT2D eigenvalue weighted by Gasteiger charge is -2.08. The average molecular weight is 387 g/mol. The van der Waals surface area contributed by atoms with Crippen LogP contribution in [0.4, 0.5) is 0 Å². The summed E-state index contributed by atoms with van der Waals surface area (Å²) in [6.07, 6.45) is 0.0344. The van der Waals surface area contributed by atoms with Gasteiger partial charge in [-0.15, -0.1) is 0 Å². The lowest BCUT2D eigenvalue weighted by atomic mass is 10.1. The number of hydrogen-bond donors (Lipinski definition) is 3. The number of fused-ring (bicyclic) bond motifs is 1. The number of carbonyl (C=O) groups excluding carboxylic acids is 2. The minimum Gasteiger partial charge on any atom is -0.508 e. The largest absolute Gasteiger partial charge is 0.508 e. The number of aliphatic hydroxyl groups is 1. The molecule has 1 aromatic heterocycles. The van der Waals surface area contributed by atoms with Crippen LogP contribution in [0.2, 0.25) is 5.02 Å². The average Bonchev–Trinajstić information content (AvgIpc) is 2.91. The fraction of sp³-hybridized carbons (Fsp3) is 0.200. The number of phenolic OH excluding ortho intramolecular Hbond substituents is 1. The first-order valence-corrected chi connectivity index (χ1v) is 8.81. The Morgan fingerprint density at radius 1 is 1.15 bits per heavy atom. The molecular weight excluding hydrogens is 368 g/mol. The minimum absolute atomic E-state index is 0.0344. The molecule has 0 radical (unpaired) electrons. The van der Waals surface area contributed by atoms with Gasteiger partial charge in [-0.25, -0.2) is 0 Å². The molecule has 0 fully saturated rings. The van der Waals surface area contributed by atoms with Crippen LogP contribution in [0.1, 0.15) is 21.6 Å². The van der Waals surface area contributed by atoms with Gasteiger partial charge in [0.25, 0.3) is 5.91 Å². The topological polar surface area (TPSA) is 91.6 Å². The Hall–Kier alpha value is -2.83. The van der Waals surface area contributed by atoms with Gasteiger partial charge in [-0.05, 0) is 55.0 Å². The Balaban J connectivity index is 2.10. The van der Waals surface area contributed by atoms with E-state index in [2.05, 4.69) is 5.32 Å². The second-order valence-electron chi connectivity index (χ2n) is 6.16. The van der Waals surface area contributed by atoms with Crippen molar-refractivity contribution in [1.82, 2.24) is 9.88 Å². The van der Waals surface area contributed by atoms with Crippen molar-refractivity contribution in [2.24, 2.45) is 0 Å². The summed E-state index contributed by atoms with van der Waals surface area (Å²) in [5.74, 6) is -0.467. The lowest BCUT2D eigenvalue weighted by Crippen LogP contribution is -2.28. The Morgan fingerprint density at radius 3 is 2.52 bits per heavy atom. The van der Waals surface area contributed by atoms with E-state index in [9.17, 15) is 14.7 Å². The SMILES string of the molecule is Cc1c(CC(=O)NCCO)c2cc(O)ccc2n1C(=O)c1ccc(Cl)cc1. The number of phenols is 1. The Morgan fingerprint density at radius 2 is 1.85 bits per heavy atom. The van der Waals surface area contributed by atoms with E-state index < -0.39 is 0 Å². The molecule has 3 aromatic rings. The molecule has 27 heavy (non-hydrogen) atoms. The zero-order valence-corrected chi connectivity index (χ0v) is 15.5. The van der Waals surface area contributed by atoms with Crippen LogP contribution in [0, 0.1) is 6.92 Å². The molecule has 1 amide bonds.